The Morgan fingerprint density at radius 2 is 2.47 bits per heavy atom. The number of rotatable bonds is 3. The Morgan fingerprint density at radius 1 is 1.67 bits per heavy atom. The van der Waals surface area contributed by atoms with Crippen molar-refractivity contribution in [3.8, 4) is 0 Å². The molecule has 0 bridgehead atoms. The van der Waals surface area contributed by atoms with Gasteiger partial charge in [0.2, 0.25) is 0 Å². The summed E-state index contributed by atoms with van der Waals surface area (Å²) in [4.78, 5) is 14.9. The Bertz CT molecular complexity index is 509. The van der Waals surface area contributed by atoms with Crippen LogP contribution < -0.4 is 0 Å². The SMILES string of the molecule is CSCc1nc2cc(C(=O)O)ccn2n1. The normalized spacial score (nSPS) is 10.7. The molecule has 0 aliphatic carbocycles. The summed E-state index contributed by atoms with van der Waals surface area (Å²) in [7, 11) is 0. The van der Waals surface area contributed by atoms with Crippen LogP contribution in [0, 0.1) is 0 Å². The molecule has 15 heavy (non-hydrogen) atoms. The van der Waals surface area contributed by atoms with Gasteiger partial charge in [-0.3, -0.25) is 0 Å². The zero-order valence-electron chi connectivity index (χ0n) is 8.04. The fourth-order valence-electron chi connectivity index (χ4n) is 1.25. The van der Waals surface area contributed by atoms with Gasteiger partial charge in [0, 0.05) is 6.20 Å². The maximum Gasteiger partial charge on any atom is 0.335 e. The second-order valence-corrected chi connectivity index (χ2v) is 3.85. The number of thioether (sulfide) groups is 1. The van der Waals surface area contributed by atoms with Gasteiger partial charge in [0.15, 0.2) is 11.5 Å². The van der Waals surface area contributed by atoms with Crippen LogP contribution in [0.2, 0.25) is 0 Å². The molecule has 2 aromatic heterocycles. The molecule has 78 valence electrons. The predicted octanol–water partition coefficient (Wildman–Crippen LogP) is 1.29. The number of carboxylic acid groups (broad SMARTS) is 1. The lowest BCUT2D eigenvalue weighted by atomic mass is 10.3. The quantitative estimate of drug-likeness (QED) is 0.849. The molecule has 0 fully saturated rings. The van der Waals surface area contributed by atoms with Gasteiger partial charge in [0.1, 0.15) is 0 Å². The first-order valence-electron chi connectivity index (χ1n) is 4.28. The topological polar surface area (TPSA) is 67.5 Å². The molecule has 0 aliphatic rings. The van der Waals surface area contributed by atoms with Gasteiger partial charge in [-0.2, -0.15) is 16.9 Å². The summed E-state index contributed by atoms with van der Waals surface area (Å²) in [6.07, 6.45) is 3.57. The number of hydrogen-bond acceptors (Lipinski definition) is 4. The third kappa shape index (κ3) is 1.94. The Kier molecular flexibility index (Phi) is 2.59. The van der Waals surface area contributed by atoms with Crippen LogP contribution in [-0.2, 0) is 5.75 Å². The average Bonchev–Trinajstić information content (AvgIpc) is 2.59. The van der Waals surface area contributed by atoms with Gasteiger partial charge in [-0.1, -0.05) is 0 Å². The van der Waals surface area contributed by atoms with Crippen LogP contribution in [-0.4, -0.2) is 31.9 Å². The van der Waals surface area contributed by atoms with Crippen LogP contribution in [0.15, 0.2) is 18.3 Å². The molecule has 2 rings (SSSR count). The van der Waals surface area contributed by atoms with Gasteiger partial charge in [-0.15, -0.1) is 0 Å². The summed E-state index contributed by atoms with van der Waals surface area (Å²) in [5.41, 5.74) is 0.796. The van der Waals surface area contributed by atoms with Gasteiger partial charge in [-0.05, 0) is 18.4 Å². The zero-order valence-corrected chi connectivity index (χ0v) is 8.86. The van der Waals surface area contributed by atoms with Crippen molar-refractivity contribution in [1.29, 1.82) is 0 Å². The first-order valence-corrected chi connectivity index (χ1v) is 5.67. The lowest BCUT2D eigenvalue weighted by Gasteiger charge is -1.93. The molecular formula is C9H9N3O2S. The molecule has 0 saturated heterocycles. The second kappa shape index (κ2) is 3.90. The molecule has 0 atom stereocenters. The Balaban J connectivity index is 2.47. The van der Waals surface area contributed by atoms with Crippen molar-refractivity contribution in [2.45, 2.75) is 5.75 Å². The molecule has 5 nitrogen and oxygen atoms in total. The summed E-state index contributed by atoms with van der Waals surface area (Å²) in [6.45, 7) is 0. The van der Waals surface area contributed by atoms with Crippen molar-refractivity contribution in [3.63, 3.8) is 0 Å². The molecule has 0 saturated carbocycles. The van der Waals surface area contributed by atoms with E-state index in [1.54, 1.807) is 22.5 Å². The monoisotopic (exact) mass is 223 g/mol. The lowest BCUT2D eigenvalue weighted by molar-refractivity contribution is 0.0697. The summed E-state index contributed by atoms with van der Waals surface area (Å²) in [5.74, 6) is 0.487. The number of pyridine rings is 1. The highest BCUT2D eigenvalue weighted by Crippen LogP contribution is 2.09. The van der Waals surface area contributed by atoms with E-state index in [9.17, 15) is 4.79 Å². The largest absolute Gasteiger partial charge is 0.478 e. The number of aromatic nitrogens is 3. The molecule has 1 N–H and O–H groups in total. The number of hydrogen-bond donors (Lipinski definition) is 1. The van der Waals surface area contributed by atoms with Crippen LogP contribution in [0.25, 0.3) is 5.65 Å². The molecule has 0 amide bonds. The van der Waals surface area contributed by atoms with Crippen molar-refractivity contribution >= 4 is 23.4 Å². The van der Waals surface area contributed by atoms with E-state index in [4.69, 9.17) is 5.11 Å². The summed E-state index contributed by atoms with van der Waals surface area (Å²) in [6, 6.07) is 3.02. The van der Waals surface area contributed by atoms with Gasteiger partial charge in [0.05, 0.1) is 11.3 Å². The molecule has 0 spiro atoms. The highest BCUT2D eigenvalue weighted by Gasteiger charge is 2.07. The first kappa shape index (κ1) is 9.97. The summed E-state index contributed by atoms with van der Waals surface area (Å²) < 4.78 is 1.58. The third-order valence-electron chi connectivity index (χ3n) is 1.90. The average molecular weight is 223 g/mol. The van der Waals surface area contributed by atoms with E-state index in [0.29, 0.717) is 11.5 Å². The minimum absolute atomic E-state index is 0.227. The fourth-order valence-corrected chi connectivity index (χ4v) is 1.63. The zero-order chi connectivity index (χ0) is 10.8. The highest BCUT2D eigenvalue weighted by molar-refractivity contribution is 7.97. The molecule has 0 radical (unpaired) electrons. The van der Waals surface area contributed by atoms with Crippen LogP contribution in [0.5, 0.6) is 0 Å². The molecule has 0 aromatic carbocycles. The van der Waals surface area contributed by atoms with Crippen LogP contribution >= 0.6 is 11.8 Å². The molecule has 6 heteroatoms. The lowest BCUT2D eigenvalue weighted by Crippen LogP contribution is -1.97. The molecule has 2 aromatic rings. The Labute approximate surface area is 90.1 Å². The van der Waals surface area contributed by atoms with Gasteiger partial charge >= 0.3 is 5.97 Å². The van der Waals surface area contributed by atoms with Gasteiger partial charge in [0.25, 0.3) is 0 Å². The number of fused-ring (bicyclic) bond motifs is 1. The Morgan fingerprint density at radius 3 is 3.13 bits per heavy atom. The molecule has 0 aliphatic heterocycles. The van der Waals surface area contributed by atoms with Crippen LogP contribution in [0.3, 0.4) is 0 Å². The van der Waals surface area contributed by atoms with Crippen molar-refractivity contribution in [2.75, 3.05) is 6.26 Å². The van der Waals surface area contributed by atoms with E-state index in [-0.39, 0.29) is 5.56 Å². The Hall–Kier alpha value is -1.56. The maximum atomic E-state index is 10.7. The summed E-state index contributed by atoms with van der Waals surface area (Å²) in [5, 5.41) is 13.0. The first-order chi connectivity index (χ1) is 7.20. The van der Waals surface area contributed by atoms with E-state index in [2.05, 4.69) is 10.1 Å². The number of carboxylic acids is 1. The number of aromatic carboxylic acids is 1. The van der Waals surface area contributed by atoms with Gasteiger partial charge < -0.3 is 5.11 Å². The van der Waals surface area contributed by atoms with Crippen LogP contribution in [0.1, 0.15) is 16.2 Å². The fraction of sp³-hybridized carbons (Fsp3) is 0.222. The van der Waals surface area contributed by atoms with E-state index >= 15 is 0 Å². The van der Waals surface area contributed by atoms with E-state index < -0.39 is 5.97 Å². The third-order valence-corrected chi connectivity index (χ3v) is 2.45. The molecular weight excluding hydrogens is 214 g/mol. The minimum atomic E-state index is -0.952. The van der Waals surface area contributed by atoms with Crippen molar-refractivity contribution in [1.82, 2.24) is 14.6 Å². The molecule has 0 unspecified atom stereocenters. The standard InChI is InChI=1S/C9H9N3O2S/c1-15-5-7-10-8-4-6(9(13)14)2-3-12(8)11-7/h2-4H,5H2,1H3,(H,13,14). The van der Waals surface area contributed by atoms with Crippen LogP contribution in [0.4, 0.5) is 0 Å². The summed E-state index contributed by atoms with van der Waals surface area (Å²) >= 11 is 1.63. The van der Waals surface area contributed by atoms with Gasteiger partial charge in [-0.25, -0.2) is 14.3 Å². The molecule has 2 heterocycles. The second-order valence-electron chi connectivity index (χ2n) is 2.98. The highest BCUT2D eigenvalue weighted by atomic mass is 32.2. The van der Waals surface area contributed by atoms with E-state index in [1.165, 1.54) is 12.1 Å². The van der Waals surface area contributed by atoms with Crippen molar-refractivity contribution in [2.24, 2.45) is 0 Å². The maximum absolute atomic E-state index is 10.7. The van der Waals surface area contributed by atoms with E-state index in [1.807, 2.05) is 6.26 Å². The number of nitrogens with zero attached hydrogens (tertiary/aromatic N) is 3. The minimum Gasteiger partial charge on any atom is -0.478 e. The predicted molar refractivity (Wildman–Crippen MR) is 57.2 cm³/mol. The smallest absolute Gasteiger partial charge is 0.335 e. The number of carbonyl (C=O) groups is 1. The van der Waals surface area contributed by atoms with Crippen molar-refractivity contribution in [3.05, 3.63) is 29.7 Å². The van der Waals surface area contributed by atoms with E-state index in [0.717, 1.165) is 5.75 Å². The van der Waals surface area contributed by atoms with Crippen molar-refractivity contribution < 1.29 is 9.90 Å².